The first-order valence-corrected chi connectivity index (χ1v) is 6.07. The number of nitriles is 1. The lowest BCUT2D eigenvalue weighted by molar-refractivity contribution is -0.119. The van der Waals surface area contributed by atoms with Gasteiger partial charge in [0, 0.05) is 13.5 Å². The van der Waals surface area contributed by atoms with Crippen LogP contribution in [-0.4, -0.2) is 28.8 Å². The normalized spacial score (nSPS) is 13.4. The monoisotopic (exact) mass is 262 g/mol. The molecule has 5 nitrogen and oxygen atoms in total. The molecule has 0 bridgehead atoms. The van der Waals surface area contributed by atoms with Crippen LogP contribution < -0.4 is 5.32 Å². The quantitative estimate of drug-likeness (QED) is 0.731. The van der Waals surface area contributed by atoms with E-state index in [9.17, 15) is 15.0 Å². The molecule has 5 heteroatoms. The molecule has 1 amide bonds. The van der Waals surface area contributed by atoms with Crippen molar-refractivity contribution in [3.8, 4) is 6.07 Å². The maximum atomic E-state index is 10.7. The standard InChI is InChI=1S/C14H18N2O3/c1-9-7-11(8-15)3-4-12(9)14(19)13(18)5-6-16-10(2)17/h3-4,7,13-14,18-19H,5-6H2,1-2H3,(H,16,17). The van der Waals surface area contributed by atoms with Crippen LogP contribution in [0.1, 0.15) is 36.1 Å². The summed E-state index contributed by atoms with van der Waals surface area (Å²) in [7, 11) is 0. The molecule has 0 aliphatic rings. The van der Waals surface area contributed by atoms with Gasteiger partial charge in [-0.2, -0.15) is 5.26 Å². The molecule has 1 aromatic rings. The highest BCUT2D eigenvalue weighted by atomic mass is 16.3. The maximum absolute atomic E-state index is 10.7. The average Bonchev–Trinajstić information content (AvgIpc) is 2.37. The topological polar surface area (TPSA) is 93.3 Å². The van der Waals surface area contributed by atoms with Crippen molar-refractivity contribution in [2.24, 2.45) is 0 Å². The lowest BCUT2D eigenvalue weighted by Gasteiger charge is -2.20. The third-order valence-electron chi connectivity index (χ3n) is 2.90. The predicted molar refractivity (Wildman–Crippen MR) is 70.2 cm³/mol. The molecular weight excluding hydrogens is 244 g/mol. The smallest absolute Gasteiger partial charge is 0.216 e. The van der Waals surface area contributed by atoms with Gasteiger partial charge in [0.15, 0.2) is 0 Å². The van der Waals surface area contributed by atoms with Crippen LogP contribution >= 0.6 is 0 Å². The molecule has 0 aliphatic carbocycles. The fraction of sp³-hybridized carbons (Fsp3) is 0.429. The highest BCUT2D eigenvalue weighted by molar-refractivity contribution is 5.72. The summed E-state index contributed by atoms with van der Waals surface area (Å²) in [6.45, 7) is 3.48. The molecule has 2 unspecified atom stereocenters. The molecule has 0 heterocycles. The van der Waals surface area contributed by atoms with Gasteiger partial charge in [-0.1, -0.05) is 6.07 Å². The van der Waals surface area contributed by atoms with Gasteiger partial charge in [0.05, 0.1) is 17.7 Å². The number of carbonyl (C=O) groups is 1. The Morgan fingerprint density at radius 2 is 2.16 bits per heavy atom. The summed E-state index contributed by atoms with van der Waals surface area (Å²) in [5.74, 6) is -0.170. The van der Waals surface area contributed by atoms with Gasteiger partial charge in [-0.05, 0) is 36.6 Å². The SMILES string of the molecule is CC(=O)NCCC(O)C(O)c1ccc(C#N)cc1C. The van der Waals surface area contributed by atoms with Crippen molar-refractivity contribution >= 4 is 5.91 Å². The molecule has 0 aliphatic heterocycles. The molecule has 1 rings (SSSR count). The third-order valence-corrected chi connectivity index (χ3v) is 2.90. The summed E-state index contributed by atoms with van der Waals surface area (Å²) in [6, 6.07) is 6.93. The number of nitrogens with zero attached hydrogens (tertiary/aromatic N) is 1. The number of aliphatic hydroxyl groups excluding tert-OH is 2. The first-order valence-electron chi connectivity index (χ1n) is 6.07. The Hall–Kier alpha value is -1.90. The Kier molecular flexibility index (Phi) is 5.49. The van der Waals surface area contributed by atoms with Gasteiger partial charge in [-0.15, -0.1) is 0 Å². The molecule has 3 N–H and O–H groups in total. The summed E-state index contributed by atoms with van der Waals surface area (Å²) < 4.78 is 0. The van der Waals surface area contributed by atoms with Crippen molar-refractivity contribution in [1.82, 2.24) is 5.32 Å². The Labute approximate surface area is 112 Å². The Morgan fingerprint density at radius 3 is 2.68 bits per heavy atom. The predicted octanol–water partition coefficient (Wildman–Crippen LogP) is 0.787. The van der Waals surface area contributed by atoms with Crippen LogP contribution in [0.2, 0.25) is 0 Å². The van der Waals surface area contributed by atoms with E-state index in [0.29, 0.717) is 17.7 Å². The lowest BCUT2D eigenvalue weighted by Crippen LogP contribution is -2.27. The highest BCUT2D eigenvalue weighted by Gasteiger charge is 2.19. The average molecular weight is 262 g/mol. The minimum Gasteiger partial charge on any atom is -0.390 e. The summed E-state index contributed by atoms with van der Waals surface area (Å²) in [5.41, 5.74) is 1.86. The largest absolute Gasteiger partial charge is 0.390 e. The van der Waals surface area contributed by atoms with Gasteiger partial charge in [-0.3, -0.25) is 4.79 Å². The fourth-order valence-corrected chi connectivity index (χ4v) is 1.84. The molecule has 2 atom stereocenters. The van der Waals surface area contributed by atoms with Crippen molar-refractivity contribution in [1.29, 1.82) is 5.26 Å². The zero-order chi connectivity index (χ0) is 14.4. The van der Waals surface area contributed by atoms with Crippen LogP contribution in [0.3, 0.4) is 0 Å². The molecule has 0 fully saturated rings. The molecule has 19 heavy (non-hydrogen) atoms. The fourth-order valence-electron chi connectivity index (χ4n) is 1.84. The van der Waals surface area contributed by atoms with E-state index >= 15 is 0 Å². The minimum atomic E-state index is -1.03. The summed E-state index contributed by atoms with van der Waals surface area (Å²) in [6.07, 6.45) is -1.72. The van der Waals surface area contributed by atoms with E-state index in [1.165, 1.54) is 6.92 Å². The molecule has 1 aromatic carbocycles. The summed E-state index contributed by atoms with van der Waals surface area (Å²) in [5, 5.41) is 31.3. The zero-order valence-corrected chi connectivity index (χ0v) is 11.1. The number of aryl methyl sites for hydroxylation is 1. The van der Waals surface area contributed by atoms with E-state index in [1.54, 1.807) is 25.1 Å². The van der Waals surface area contributed by atoms with Crippen LogP contribution in [0, 0.1) is 18.3 Å². The third kappa shape index (κ3) is 4.36. The van der Waals surface area contributed by atoms with E-state index < -0.39 is 12.2 Å². The molecule has 0 radical (unpaired) electrons. The number of benzene rings is 1. The number of amides is 1. The Bertz CT molecular complexity index is 494. The first kappa shape index (κ1) is 15.2. The van der Waals surface area contributed by atoms with Crippen LogP contribution in [0.5, 0.6) is 0 Å². The Morgan fingerprint density at radius 1 is 1.47 bits per heavy atom. The number of hydrogen-bond donors (Lipinski definition) is 3. The van der Waals surface area contributed by atoms with Crippen LogP contribution in [0.15, 0.2) is 18.2 Å². The second-order valence-corrected chi connectivity index (χ2v) is 4.47. The van der Waals surface area contributed by atoms with E-state index in [0.717, 1.165) is 5.56 Å². The molecule has 102 valence electrons. The van der Waals surface area contributed by atoms with Gasteiger partial charge in [0.25, 0.3) is 0 Å². The maximum Gasteiger partial charge on any atom is 0.216 e. The number of carbonyl (C=O) groups excluding carboxylic acids is 1. The summed E-state index contributed by atoms with van der Waals surface area (Å²) in [4.78, 5) is 10.7. The van der Waals surface area contributed by atoms with Crippen molar-refractivity contribution < 1.29 is 15.0 Å². The van der Waals surface area contributed by atoms with Crippen molar-refractivity contribution in [2.45, 2.75) is 32.5 Å². The van der Waals surface area contributed by atoms with Gasteiger partial charge >= 0.3 is 0 Å². The first-order chi connectivity index (χ1) is 8.95. The minimum absolute atomic E-state index is 0.170. The second-order valence-electron chi connectivity index (χ2n) is 4.47. The summed E-state index contributed by atoms with van der Waals surface area (Å²) >= 11 is 0. The van der Waals surface area contributed by atoms with Crippen molar-refractivity contribution in [3.63, 3.8) is 0 Å². The highest BCUT2D eigenvalue weighted by Crippen LogP contribution is 2.23. The molecule has 0 aromatic heterocycles. The molecule has 0 saturated heterocycles. The van der Waals surface area contributed by atoms with Crippen molar-refractivity contribution in [3.05, 3.63) is 34.9 Å². The number of hydrogen-bond acceptors (Lipinski definition) is 4. The Balaban J connectivity index is 2.69. The number of aliphatic hydroxyl groups is 2. The molecule has 0 spiro atoms. The van der Waals surface area contributed by atoms with Crippen molar-refractivity contribution in [2.75, 3.05) is 6.54 Å². The lowest BCUT2D eigenvalue weighted by atomic mass is 9.96. The van der Waals surface area contributed by atoms with Gasteiger partial charge < -0.3 is 15.5 Å². The van der Waals surface area contributed by atoms with Gasteiger partial charge in [0.2, 0.25) is 5.91 Å². The van der Waals surface area contributed by atoms with E-state index in [4.69, 9.17) is 5.26 Å². The van der Waals surface area contributed by atoms with Gasteiger partial charge in [-0.25, -0.2) is 0 Å². The van der Waals surface area contributed by atoms with Crippen LogP contribution in [0.25, 0.3) is 0 Å². The zero-order valence-electron chi connectivity index (χ0n) is 11.1. The van der Waals surface area contributed by atoms with Gasteiger partial charge in [0.1, 0.15) is 6.10 Å². The second kappa shape index (κ2) is 6.88. The van der Waals surface area contributed by atoms with E-state index in [2.05, 4.69) is 5.32 Å². The van der Waals surface area contributed by atoms with E-state index in [-0.39, 0.29) is 12.3 Å². The molecular formula is C14H18N2O3. The number of nitrogens with one attached hydrogen (secondary N) is 1. The van der Waals surface area contributed by atoms with E-state index in [1.807, 2.05) is 6.07 Å². The van der Waals surface area contributed by atoms with Crippen LogP contribution in [-0.2, 0) is 4.79 Å². The van der Waals surface area contributed by atoms with Crippen LogP contribution in [0.4, 0.5) is 0 Å². The molecule has 0 saturated carbocycles. The number of rotatable bonds is 5.